The van der Waals surface area contributed by atoms with Crippen molar-refractivity contribution in [2.24, 2.45) is 5.10 Å². The second-order valence-electron chi connectivity index (χ2n) is 4.78. The van der Waals surface area contributed by atoms with E-state index in [0.717, 1.165) is 11.1 Å². The summed E-state index contributed by atoms with van der Waals surface area (Å²) in [5, 5.41) is 6.56. The third-order valence-corrected chi connectivity index (χ3v) is 2.85. The zero-order chi connectivity index (χ0) is 16.5. The number of nitrogens with zero attached hydrogens (tertiary/aromatic N) is 1. The van der Waals surface area contributed by atoms with Crippen molar-refractivity contribution in [3.63, 3.8) is 0 Å². The molecular weight excluding hydrogens is 290 g/mol. The molecule has 23 heavy (non-hydrogen) atoms. The summed E-state index contributed by atoms with van der Waals surface area (Å²) in [7, 11) is 0. The van der Waals surface area contributed by atoms with Crippen LogP contribution < -0.4 is 10.7 Å². The van der Waals surface area contributed by atoms with Gasteiger partial charge in [-0.05, 0) is 29.3 Å². The average molecular weight is 307 g/mol. The molecule has 0 spiro atoms. The highest BCUT2D eigenvalue weighted by atomic mass is 16.2. The molecule has 5 heteroatoms. The number of amides is 2. The van der Waals surface area contributed by atoms with Crippen LogP contribution >= 0.6 is 0 Å². The fourth-order valence-electron chi connectivity index (χ4n) is 1.80. The molecule has 0 aliphatic heterocycles. The molecule has 0 saturated carbocycles. The molecule has 2 rings (SSSR count). The number of hydrogen-bond acceptors (Lipinski definition) is 3. The minimum atomic E-state index is -0.306. The van der Waals surface area contributed by atoms with Gasteiger partial charge in [0.15, 0.2) is 0 Å². The van der Waals surface area contributed by atoms with E-state index in [-0.39, 0.29) is 11.8 Å². The lowest BCUT2D eigenvalue weighted by atomic mass is 10.2. The van der Waals surface area contributed by atoms with Crippen molar-refractivity contribution in [2.45, 2.75) is 6.92 Å². The summed E-state index contributed by atoms with van der Waals surface area (Å²) in [6, 6.07) is 16.6. The van der Waals surface area contributed by atoms with E-state index in [1.165, 1.54) is 19.2 Å². The van der Waals surface area contributed by atoms with Gasteiger partial charge in [-0.25, -0.2) is 5.43 Å². The first kappa shape index (κ1) is 16.2. The molecule has 0 heterocycles. The number of rotatable bonds is 5. The predicted octanol–water partition coefficient (Wildman–Crippen LogP) is 2.81. The van der Waals surface area contributed by atoms with Crippen LogP contribution in [0.25, 0.3) is 6.08 Å². The van der Waals surface area contributed by atoms with Gasteiger partial charge in [0, 0.05) is 18.7 Å². The first-order chi connectivity index (χ1) is 11.1. The van der Waals surface area contributed by atoms with Crippen molar-refractivity contribution in [2.75, 3.05) is 5.32 Å². The van der Waals surface area contributed by atoms with E-state index in [1.54, 1.807) is 30.3 Å². The van der Waals surface area contributed by atoms with Crippen molar-refractivity contribution in [3.8, 4) is 0 Å². The highest BCUT2D eigenvalue weighted by Crippen LogP contribution is 2.07. The van der Waals surface area contributed by atoms with Crippen LogP contribution in [0.15, 0.2) is 65.8 Å². The molecule has 5 nitrogen and oxygen atoms in total. The van der Waals surface area contributed by atoms with E-state index in [4.69, 9.17) is 0 Å². The van der Waals surface area contributed by atoms with E-state index in [0.29, 0.717) is 5.69 Å². The van der Waals surface area contributed by atoms with Gasteiger partial charge < -0.3 is 5.32 Å². The molecule has 116 valence electrons. The Morgan fingerprint density at radius 1 is 0.957 bits per heavy atom. The molecule has 2 aromatic carbocycles. The minimum Gasteiger partial charge on any atom is -0.326 e. The lowest BCUT2D eigenvalue weighted by Gasteiger charge is -2.01. The third-order valence-electron chi connectivity index (χ3n) is 2.85. The van der Waals surface area contributed by atoms with Crippen LogP contribution in [-0.2, 0) is 9.59 Å². The number of carbonyl (C=O) groups excluding carboxylic acids is 2. The van der Waals surface area contributed by atoms with Gasteiger partial charge in [0.1, 0.15) is 0 Å². The van der Waals surface area contributed by atoms with E-state index < -0.39 is 0 Å². The number of nitrogens with one attached hydrogen (secondary N) is 2. The maximum absolute atomic E-state index is 11.6. The molecule has 0 saturated heterocycles. The topological polar surface area (TPSA) is 70.6 Å². The summed E-state index contributed by atoms with van der Waals surface area (Å²) >= 11 is 0. The summed E-state index contributed by atoms with van der Waals surface area (Å²) < 4.78 is 0. The van der Waals surface area contributed by atoms with Crippen LogP contribution in [0.1, 0.15) is 18.1 Å². The first-order valence-corrected chi connectivity index (χ1v) is 7.07. The normalized spacial score (nSPS) is 10.8. The van der Waals surface area contributed by atoms with Crippen LogP contribution in [0.3, 0.4) is 0 Å². The van der Waals surface area contributed by atoms with Gasteiger partial charge in [-0.3, -0.25) is 9.59 Å². The van der Waals surface area contributed by atoms with Crippen LogP contribution in [0, 0.1) is 0 Å². The first-order valence-electron chi connectivity index (χ1n) is 7.07. The zero-order valence-corrected chi connectivity index (χ0v) is 12.7. The lowest BCUT2D eigenvalue weighted by molar-refractivity contribution is -0.116. The quantitative estimate of drug-likeness (QED) is 0.506. The van der Waals surface area contributed by atoms with Crippen molar-refractivity contribution in [1.82, 2.24) is 5.43 Å². The Balaban J connectivity index is 1.85. The second-order valence-corrected chi connectivity index (χ2v) is 4.78. The molecular formula is C18H17N3O2. The Labute approximate surface area is 134 Å². The van der Waals surface area contributed by atoms with Crippen molar-refractivity contribution < 1.29 is 9.59 Å². The smallest absolute Gasteiger partial charge is 0.264 e. The molecule has 0 atom stereocenters. The highest BCUT2D eigenvalue weighted by Gasteiger charge is 1.95. The molecule has 2 N–H and O–H groups in total. The molecule has 0 radical (unpaired) electrons. The largest absolute Gasteiger partial charge is 0.326 e. The Morgan fingerprint density at radius 2 is 1.65 bits per heavy atom. The molecule has 0 aliphatic carbocycles. The summed E-state index contributed by atoms with van der Waals surface area (Å²) in [5.74, 6) is -0.427. The fourth-order valence-corrected chi connectivity index (χ4v) is 1.80. The molecule has 0 bridgehead atoms. The van der Waals surface area contributed by atoms with E-state index in [1.807, 2.05) is 30.3 Å². The van der Waals surface area contributed by atoms with E-state index in [9.17, 15) is 9.59 Å². The maximum atomic E-state index is 11.6. The SMILES string of the molecule is CC(=O)Nc1ccc(/C=N/NC(=O)/C=C\c2ccccc2)cc1. The van der Waals surface area contributed by atoms with Crippen LogP contribution in [0.5, 0.6) is 0 Å². The fraction of sp³-hybridized carbons (Fsp3) is 0.0556. The van der Waals surface area contributed by atoms with Crippen LogP contribution in [-0.4, -0.2) is 18.0 Å². The molecule has 0 aromatic heterocycles. The summed E-state index contributed by atoms with van der Waals surface area (Å²) in [6.07, 6.45) is 4.67. The maximum Gasteiger partial charge on any atom is 0.264 e. The van der Waals surface area contributed by atoms with Gasteiger partial charge in [-0.2, -0.15) is 5.10 Å². The second kappa shape index (κ2) is 8.29. The lowest BCUT2D eigenvalue weighted by Crippen LogP contribution is -2.14. The Bertz CT molecular complexity index is 720. The van der Waals surface area contributed by atoms with Crippen LogP contribution in [0.2, 0.25) is 0 Å². The minimum absolute atomic E-state index is 0.121. The monoisotopic (exact) mass is 307 g/mol. The number of hydrogen-bond donors (Lipinski definition) is 2. The Morgan fingerprint density at radius 3 is 2.30 bits per heavy atom. The number of hydrazone groups is 1. The summed E-state index contributed by atoms with van der Waals surface area (Å²) in [4.78, 5) is 22.5. The Hall–Kier alpha value is -3.21. The van der Waals surface area contributed by atoms with Gasteiger partial charge in [-0.15, -0.1) is 0 Å². The van der Waals surface area contributed by atoms with Gasteiger partial charge in [0.2, 0.25) is 5.91 Å². The van der Waals surface area contributed by atoms with Gasteiger partial charge in [0.05, 0.1) is 6.21 Å². The third kappa shape index (κ3) is 5.97. The van der Waals surface area contributed by atoms with E-state index >= 15 is 0 Å². The van der Waals surface area contributed by atoms with Crippen molar-refractivity contribution in [1.29, 1.82) is 0 Å². The van der Waals surface area contributed by atoms with Crippen molar-refractivity contribution in [3.05, 3.63) is 71.8 Å². The summed E-state index contributed by atoms with van der Waals surface area (Å²) in [6.45, 7) is 1.45. The molecule has 0 unspecified atom stereocenters. The number of carbonyl (C=O) groups is 2. The van der Waals surface area contributed by atoms with Gasteiger partial charge in [0.25, 0.3) is 5.91 Å². The van der Waals surface area contributed by atoms with Crippen molar-refractivity contribution >= 4 is 29.8 Å². The number of anilines is 1. The molecule has 2 amide bonds. The predicted molar refractivity (Wildman–Crippen MR) is 92.0 cm³/mol. The van der Waals surface area contributed by atoms with Gasteiger partial charge >= 0.3 is 0 Å². The zero-order valence-electron chi connectivity index (χ0n) is 12.7. The molecule has 2 aromatic rings. The Kier molecular flexibility index (Phi) is 5.82. The summed E-state index contributed by atoms with van der Waals surface area (Å²) in [5.41, 5.74) is 4.89. The standard InChI is InChI=1S/C18H17N3O2/c1-14(22)20-17-10-7-16(8-11-17)13-19-21-18(23)12-9-15-5-3-2-4-6-15/h2-13H,1H3,(H,20,22)(H,21,23)/b12-9-,19-13+. The highest BCUT2D eigenvalue weighted by molar-refractivity contribution is 5.93. The van der Waals surface area contributed by atoms with Crippen LogP contribution in [0.4, 0.5) is 5.69 Å². The van der Waals surface area contributed by atoms with Gasteiger partial charge in [-0.1, -0.05) is 42.5 Å². The number of benzene rings is 2. The molecule has 0 aliphatic rings. The average Bonchev–Trinajstić information content (AvgIpc) is 2.55. The van der Waals surface area contributed by atoms with E-state index in [2.05, 4.69) is 15.8 Å². The molecule has 0 fully saturated rings.